The Bertz CT molecular complexity index is 1220. The first-order chi connectivity index (χ1) is 14.1. The Labute approximate surface area is 181 Å². The molecule has 7 nitrogen and oxygen atoms in total. The van der Waals surface area contributed by atoms with Crippen LogP contribution in [0.25, 0.3) is 0 Å². The lowest BCUT2D eigenvalue weighted by atomic mass is 10.1. The van der Waals surface area contributed by atoms with Gasteiger partial charge in [0, 0.05) is 24.0 Å². The van der Waals surface area contributed by atoms with E-state index in [2.05, 4.69) is 15.1 Å². The summed E-state index contributed by atoms with van der Waals surface area (Å²) < 4.78 is 30.0. The second kappa shape index (κ2) is 8.49. The predicted octanol–water partition coefficient (Wildman–Crippen LogP) is 3.98. The minimum absolute atomic E-state index is 0.0639. The fourth-order valence-electron chi connectivity index (χ4n) is 3.15. The Hall–Kier alpha value is -2.84. The van der Waals surface area contributed by atoms with Crippen LogP contribution in [-0.2, 0) is 28.3 Å². The van der Waals surface area contributed by atoms with Crippen LogP contribution >= 0.6 is 11.6 Å². The molecule has 0 fully saturated rings. The van der Waals surface area contributed by atoms with Crippen LogP contribution in [0.1, 0.15) is 22.5 Å². The Balaban J connectivity index is 1.82. The van der Waals surface area contributed by atoms with Crippen LogP contribution in [0, 0.1) is 20.8 Å². The minimum Gasteiger partial charge on any atom is -0.326 e. The number of hydrogen-bond acceptors (Lipinski definition) is 4. The number of rotatable bonds is 6. The van der Waals surface area contributed by atoms with E-state index in [0.29, 0.717) is 16.3 Å². The summed E-state index contributed by atoms with van der Waals surface area (Å²) in [5.41, 5.74) is 3.79. The highest BCUT2D eigenvalue weighted by molar-refractivity contribution is 7.92. The largest absolute Gasteiger partial charge is 0.326 e. The zero-order valence-electron chi connectivity index (χ0n) is 17.2. The fourth-order valence-corrected chi connectivity index (χ4v) is 4.74. The molecule has 0 aliphatic carbocycles. The first-order valence-electron chi connectivity index (χ1n) is 9.25. The molecule has 2 aromatic carbocycles. The Morgan fingerprint density at radius 2 is 1.83 bits per heavy atom. The number of nitrogens with zero attached hydrogens (tertiary/aromatic N) is 2. The van der Waals surface area contributed by atoms with Crippen LogP contribution in [0.3, 0.4) is 0 Å². The summed E-state index contributed by atoms with van der Waals surface area (Å²) in [4.78, 5) is 12.6. The number of sulfonamides is 1. The summed E-state index contributed by atoms with van der Waals surface area (Å²) >= 11 is 6.07. The monoisotopic (exact) mass is 446 g/mol. The molecular formula is C21H23ClN4O3S. The highest BCUT2D eigenvalue weighted by Crippen LogP contribution is 2.27. The van der Waals surface area contributed by atoms with Crippen molar-refractivity contribution in [3.8, 4) is 0 Å². The normalized spacial score (nSPS) is 11.4. The number of aryl methyl sites for hydroxylation is 3. The van der Waals surface area contributed by atoms with Gasteiger partial charge in [-0.05, 0) is 50.6 Å². The molecule has 9 heteroatoms. The number of nitrogens with one attached hydrogen (secondary N) is 2. The minimum atomic E-state index is -3.89. The van der Waals surface area contributed by atoms with Crippen LogP contribution in [0.5, 0.6) is 0 Å². The van der Waals surface area contributed by atoms with Crippen molar-refractivity contribution < 1.29 is 13.2 Å². The van der Waals surface area contributed by atoms with Crippen molar-refractivity contribution >= 4 is 38.9 Å². The van der Waals surface area contributed by atoms with Gasteiger partial charge in [-0.15, -0.1) is 0 Å². The molecule has 1 heterocycles. The summed E-state index contributed by atoms with van der Waals surface area (Å²) in [7, 11) is -2.07. The van der Waals surface area contributed by atoms with Crippen molar-refractivity contribution in [2.75, 3.05) is 10.0 Å². The molecule has 0 aliphatic heterocycles. The molecule has 3 rings (SSSR count). The van der Waals surface area contributed by atoms with E-state index in [1.165, 1.54) is 6.07 Å². The van der Waals surface area contributed by atoms with Crippen molar-refractivity contribution in [3.63, 3.8) is 0 Å². The lowest BCUT2D eigenvalue weighted by Gasteiger charge is -2.13. The lowest BCUT2D eigenvalue weighted by molar-refractivity contribution is -0.115. The molecule has 2 N–H and O–H groups in total. The molecule has 30 heavy (non-hydrogen) atoms. The Kier molecular flexibility index (Phi) is 6.19. The highest BCUT2D eigenvalue weighted by atomic mass is 35.5. The standard InChI is InChI=1S/C21H23ClN4O3S/c1-13-9-10-16(23-21(27)12-17-14(2)24-26(4)15(17)3)11-20(13)30(28,29)25-19-8-6-5-7-18(19)22/h5-11,25H,12H2,1-4H3,(H,23,27). The van der Waals surface area contributed by atoms with E-state index in [9.17, 15) is 13.2 Å². The number of benzene rings is 2. The fraction of sp³-hybridized carbons (Fsp3) is 0.238. The smallest absolute Gasteiger partial charge is 0.262 e. The van der Waals surface area contributed by atoms with Gasteiger partial charge in [0.25, 0.3) is 10.0 Å². The summed E-state index contributed by atoms with van der Waals surface area (Å²) in [5, 5.41) is 7.39. The number of halogens is 1. The molecule has 0 spiro atoms. The van der Waals surface area contributed by atoms with Gasteiger partial charge < -0.3 is 5.32 Å². The summed E-state index contributed by atoms with van der Waals surface area (Å²) in [6.07, 6.45) is 0.152. The first-order valence-corrected chi connectivity index (χ1v) is 11.1. The zero-order chi connectivity index (χ0) is 22.1. The van der Waals surface area contributed by atoms with E-state index in [0.717, 1.165) is 17.0 Å². The van der Waals surface area contributed by atoms with Gasteiger partial charge in [0.1, 0.15) is 0 Å². The van der Waals surface area contributed by atoms with Crippen LogP contribution in [0.4, 0.5) is 11.4 Å². The number of anilines is 2. The van der Waals surface area contributed by atoms with Gasteiger partial charge in [-0.3, -0.25) is 14.2 Å². The number of amides is 1. The molecule has 0 atom stereocenters. The maximum absolute atomic E-state index is 12.9. The number of hydrogen-bond donors (Lipinski definition) is 2. The van der Waals surface area contributed by atoms with E-state index >= 15 is 0 Å². The molecule has 0 saturated carbocycles. The van der Waals surface area contributed by atoms with Crippen molar-refractivity contribution in [1.29, 1.82) is 0 Å². The Morgan fingerprint density at radius 3 is 2.47 bits per heavy atom. The maximum Gasteiger partial charge on any atom is 0.262 e. The number of aromatic nitrogens is 2. The second-order valence-electron chi connectivity index (χ2n) is 7.06. The predicted molar refractivity (Wildman–Crippen MR) is 118 cm³/mol. The van der Waals surface area contributed by atoms with Crippen molar-refractivity contribution in [1.82, 2.24) is 9.78 Å². The molecule has 0 aliphatic rings. The number of carbonyl (C=O) groups excluding carboxylic acids is 1. The SMILES string of the molecule is Cc1ccc(NC(=O)Cc2c(C)nn(C)c2C)cc1S(=O)(=O)Nc1ccccc1Cl. The number of carbonyl (C=O) groups is 1. The summed E-state index contributed by atoms with van der Waals surface area (Å²) in [5.74, 6) is -0.250. The van der Waals surface area contributed by atoms with E-state index < -0.39 is 10.0 Å². The highest BCUT2D eigenvalue weighted by Gasteiger charge is 2.20. The molecule has 0 unspecified atom stereocenters. The Morgan fingerprint density at radius 1 is 1.13 bits per heavy atom. The number of para-hydroxylation sites is 1. The molecule has 158 valence electrons. The van der Waals surface area contributed by atoms with Crippen LogP contribution < -0.4 is 10.0 Å². The van der Waals surface area contributed by atoms with Gasteiger partial charge in [0.15, 0.2) is 0 Å². The van der Waals surface area contributed by atoms with Gasteiger partial charge >= 0.3 is 0 Å². The van der Waals surface area contributed by atoms with E-state index in [1.54, 1.807) is 48.0 Å². The van der Waals surface area contributed by atoms with Gasteiger partial charge in [-0.2, -0.15) is 5.10 Å². The van der Waals surface area contributed by atoms with Gasteiger partial charge in [-0.1, -0.05) is 29.8 Å². The average molecular weight is 447 g/mol. The van der Waals surface area contributed by atoms with Gasteiger partial charge in [0.05, 0.1) is 27.7 Å². The van der Waals surface area contributed by atoms with Gasteiger partial charge in [0.2, 0.25) is 5.91 Å². The summed E-state index contributed by atoms with van der Waals surface area (Å²) in [6.45, 7) is 5.45. The maximum atomic E-state index is 12.9. The lowest BCUT2D eigenvalue weighted by Crippen LogP contribution is -2.17. The van der Waals surface area contributed by atoms with Crippen molar-refractivity contribution in [2.45, 2.75) is 32.1 Å². The van der Waals surface area contributed by atoms with Gasteiger partial charge in [-0.25, -0.2) is 8.42 Å². The molecule has 1 aromatic heterocycles. The second-order valence-corrected chi connectivity index (χ2v) is 9.12. The van der Waals surface area contributed by atoms with E-state index in [1.807, 2.05) is 20.9 Å². The average Bonchev–Trinajstić information content (AvgIpc) is 2.91. The molecular weight excluding hydrogens is 424 g/mol. The van der Waals surface area contributed by atoms with Crippen LogP contribution in [0.15, 0.2) is 47.4 Å². The molecule has 0 radical (unpaired) electrons. The van der Waals surface area contributed by atoms with Crippen molar-refractivity contribution in [3.05, 3.63) is 70.0 Å². The van der Waals surface area contributed by atoms with E-state index in [-0.39, 0.29) is 22.9 Å². The quantitative estimate of drug-likeness (QED) is 0.598. The third-order valence-corrected chi connectivity index (χ3v) is 6.71. The van der Waals surface area contributed by atoms with Crippen molar-refractivity contribution in [2.24, 2.45) is 7.05 Å². The molecule has 0 bridgehead atoms. The summed E-state index contributed by atoms with van der Waals surface area (Å²) in [6, 6.07) is 11.4. The van der Waals surface area contributed by atoms with Crippen LogP contribution in [-0.4, -0.2) is 24.1 Å². The van der Waals surface area contributed by atoms with Crippen LogP contribution in [0.2, 0.25) is 5.02 Å². The molecule has 1 amide bonds. The van der Waals surface area contributed by atoms with E-state index in [4.69, 9.17) is 11.6 Å². The third-order valence-electron chi connectivity index (χ3n) is 4.88. The molecule has 3 aromatic rings. The first kappa shape index (κ1) is 21.9. The topological polar surface area (TPSA) is 93.1 Å². The zero-order valence-corrected chi connectivity index (χ0v) is 18.7. The third kappa shape index (κ3) is 4.66. The molecule has 0 saturated heterocycles.